The Kier molecular flexibility index (Phi) is 6.85. The summed E-state index contributed by atoms with van der Waals surface area (Å²) in [4.78, 5) is 39.3. The highest BCUT2D eigenvalue weighted by Gasteiger charge is 2.38. The normalized spacial score (nSPS) is 17.5. The van der Waals surface area contributed by atoms with E-state index in [2.05, 4.69) is 10.2 Å². The van der Waals surface area contributed by atoms with Crippen LogP contribution in [0.3, 0.4) is 0 Å². The van der Waals surface area contributed by atoms with Crippen LogP contribution in [0.25, 0.3) is 0 Å². The molecule has 34 heavy (non-hydrogen) atoms. The van der Waals surface area contributed by atoms with Gasteiger partial charge in [0.05, 0.1) is 5.41 Å². The van der Waals surface area contributed by atoms with Crippen molar-refractivity contribution in [2.24, 2.45) is 5.41 Å². The number of piperidine rings is 1. The van der Waals surface area contributed by atoms with Crippen LogP contribution in [0.5, 0.6) is 0 Å². The molecule has 2 aliphatic rings. The summed E-state index contributed by atoms with van der Waals surface area (Å²) in [6.07, 6.45) is 0.903. The van der Waals surface area contributed by atoms with Gasteiger partial charge in [-0.15, -0.1) is 0 Å². The number of nitrogens with zero attached hydrogens (tertiary/aromatic N) is 2. The zero-order chi connectivity index (χ0) is 24.3. The molecule has 0 saturated carbocycles. The van der Waals surface area contributed by atoms with E-state index in [4.69, 9.17) is 10.3 Å². The molecule has 0 bridgehead atoms. The molecule has 2 aromatic carbocycles. The van der Waals surface area contributed by atoms with Crippen molar-refractivity contribution in [3.63, 3.8) is 0 Å². The second-order valence-corrected chi connectivity index (χ2v) is 9.37. The Bertz CT molecular complexity index is 1080. The molecule has 9 heteroatoms. The van der Waals surface area contributed by atoms with Crippen LogP contribution in [-0.4, -0.2) is 57.7 Å². The van der Waals surface area contributed by atoms with Crippen LogP contribution < -0.4 is 10.8 Å². The van der Waals surface area contributed by atoms with E-state index in [9.17, 15) is 14.4 Å². The molecular formula is C25H30N4O5. The minimum Gasteiger partial charge on any atom is -0.465 e. The number of benzene rings is 2. The Balaban J connectivity index is 1.32. The number of carbonyl (C=O) groups is 3. The number of likely N-dealkylation sites (tertiary alicyclic amines) is 1. The predicted molar refractivity (Wildman–Crippen MR) is 126 cm³/mol. The van der Waals surface area contributed by atoms with Crippen molar-refractivity contribution in [3.05, 3.63) is 64.7 Å². The summed E-state index contributed by atoms with van der Waals surface area (Å²) in [6.45, 7) is 5.04. The number of amides is 3. The van der Waals surface area contributed by atoms with Gasteiger partial charge < -0.3 is 15.3 Å². The van der Waals surface area contributed by atoms with E-state index >= 15 is 0 Å². The summed E-state index contributed by atoms with van der Waals surface area (Å²) in [5.41, 5.74) is 5.71. The third-order valence-electron chi connectivity index (χ3n) is 6.96. The van der Waals surface area contributed by atoms with Gasteiger partial charge in [0.15, 0.2) is 0 Å². The largest absolute Gasteiger partial charge is 0.465 e. The van der Waals surface area contributed by atoms with Gasteiger partial charge in [-0.25, -0.2) is 10.3 Å². The van der Waals surface area contributed by atoms with Gasteiger partial charge in [0, 0.05) is 44.0 Å². The van der Waals surface area contributed by atoms with Crippen LogP contribution in [0, 0.1) is 5.41 Å². The number of hydrogen-bond donors (Lipinski definition) is 4. The summed E-state index contributed by atoms with van der Waals surface area (Å²) in [5.74, 6) is -0.579. The standard InChI is InChI=1S/C25H30N4O5/c1-25(9-12-29(13-10-25)24(32)33)23(31)26-21-6-2-17(3-7-21)15-28-11-8-18-14-19(22(30)27-34)4-5-20(18)16-28/h2-7,14,34H,8-13,15-16H2,1H3,(H,26,31)(H,27,30)(H,32,33). The van der Waals surface area contributed by atoms with Crippen LogP contribution in [0.1, 0.15) is 46.8 Å². The molecule has 9 nitrogen and oxygen atoms in total. The molecule has 3 amide bonds. The van der Waals surface area contributed by atoms with Crippen molar-refractivity contribution in [2.45, 2.75) is 39.3 Å². The highest BCUT2D eigenvalue weighted by atomic mass is 16.5. The lowest BCUT2D eigenvalue weighted by Gasteiger charge is -2.36. The second kappa shape index (κ2) is 9.82. The minimum atomic E-state index is -0.936. The number of fused-ring (bicyclic) bond motifs is 1. The van der Waals surface area contributed by atoms with E-state index in [1.54, 1.807) is 11.5 Å². The summed E-state index contributed by atoms with van der Waals surface area (Å²) in [7, 11) is 0. The fourth-order valence-electron chi connectivity index (χ4n) is 4.60. The predicted octanol–water partition coefficient (Wildman–Crippen LogP) is 3.08. The van der Waals surface area contributed by atoms with Crippen LogP contribution in [-0.2, 0) is 24.3 Å². The van der Waals surface area contributed by atoms with Gasteiger partial charge in [0.1, 0.15) is 0 Å². The van der Waals surface area contributed by atoms with Crippen LogP contribution in [0.2, 0.25) is 0 Å². The molecular weight excluding hydrogens is 436 g/mol. The lowest BCUT2D eigenvalue weighted by molar-refractivity contribution is -0.127. The Labute approximate surface area is 198 Å². The molecule has 0 aromatic heterocycles. The molecule has 2 heterocycles. The van der Waals surface area contributed by atoms with Crippen LogP contribution >= 0.6 is 0 Å². The SMILES string of the molecule is CC1(C(=O)Nc2ccc(CN3CCc4cc(C(=O)NO)ccc4C3)cc2)CCN(C(=O)O)CC1. The number of anilines is 1. The maximum atomic E-state index is 12.8. The molecule has 2 aliphatic heterocycles. The quantitative estimate of drug-likeness (QED) is 0.397. The summed E-state index contributed by atoms with van der Waals surface area (Å²) < 4.78 is 0. The van der Waals surface area contributed by atoms with Gasteiger partial charge in [-0.1, -0.05) is 25.1 Å². The first-order valence-corrected chi connectivity index (χ1v) is 11.4. The number of hydroxylamine groups is 1. The monoisotopic (exact) mass is 466 g/mol. The topological polar surface area (TPSA) is 122 Å². The Morgan fingerprint density at radius 3 is 2.35 bits per heavy atom. The third-order valence-corrected chi connectivity index (χ3v) is 6.96. The van der Waals surface area contributed by atoms with Crippen molar-refractivity contribution in [1.82, 2.24) is 15.3 Å². The molecule has 1 fully saturated rings. The first-order valence-electron chi connectivity index (χ1n) is 11.4. The Hall–Kier alpha value is -3.43. The molecule has 180 valence electrons. The van der Waals surface area contributed by atoms with Crippen LogP contribution in [0.15, 0.2) is 42.5 Å². The van der Waals surface area contributed by atoms with Crippen molar-refractivity contribution in [3.8, 4) is 0 Å². The fourth-order valence-corrected chi connectivity index (χ4v) is 4.60. The number of nitrogens with one attached hydrogen (secondary N) is 2. The number of hydrogen-bond acceptors (Lipinski definition) is 5. The highest BCUT2D eigenvalue weighted by molar-refractivity contribution is 5.95. The second-order valence-electron chi connectivity index (χ2n) is 9.37. The van der Waals surface area contributed by atoms with E-state index in [1.165, 1.54) is 10.5 Å². The average Bonchev–Trinajstić information content (AvgIpc) is 2.84. The lowest BCUT2D eigenvalue weighted by atomic mass is 9.79. The van der Waals surface area contributed by atoms with E-state index in [0.29, 0.717) is 31.5 Å². The molecule has 1 saturated heterocycles. The lowest BCUT2D eigenvalue weighted by Crippen LogP contribution is -2.46. The average molecular weight is 467 g/mol. The maximum Gasteiger partial charge on any atom is 0.407 e. The number of rotatable bonds is 5. The van der Waals surface area contributed by atoms with Gasteiger partial charge in [-0.3, -0.25) is 19.7 Å². The van der Waals surface area contributed by atoms with E-state index in [-0.39, 0.29) is 5.91 Å². The minimum absolute atomic E-state index is 0.0767. The summed E-state index contributed by atoms with van der Waals surface area (Å²) in [5, 5.41) is 20.9. The van der Waals surface area contributed by atoms with Gasteiger partial charge >= 0.3 is 6.09 Å². The fraction of sp³-hybridized carbons (Fsp3) is 0.400. The highest BCUT2D eigenvalue weighted by Crippen LogP contribution is 2.32. The molecule has 4 rings (SSSR count). The number of carbonyl (C=O) groups excluding carboxylic acids is 2. The van der Waals surface area contributed by atoms with Gasteiger partial charge in [0.25, 0.3) is 5.91 Å². The van der Waals surface area contributed by atoms with Crippen molar-refractivity contribution < 1.29 is 24.7 Å². The number of carboxylic acid groups (broad SMARTS) is 1. The molecule has 0 spiro atoms. The Morgan fingerprint density at radius 2 is 1.71 bits per heavy atom. The maximum absolute atomic E-state index is 12.8. The summed E-state index contributed by atoms with van der Waals surface area (Å²) >= 11 is 0. The van der Waals surface area contributed by atoms with Gasteiger partial charge in [-0.2, -0.15) is 0 Å². The van der Waals surface area contributed by atoms with Crippen molar-refractivity contribution in [2.75, 3.05) is 25.0 Å². The zero-order valence-electron chi connectivity index (χ0n) is 19.2. The van der Waals surface area contributed by atoms with E-state index < -0.39 is 17.4 Å². The Morgan fingerprint density at radius 1 is 1.00 bits per heavy atom. The molecule has 2 aromatic rings. The zero-order valence-corrected chi connectivity index (χ0v) is 19.2. The first kappa shape index (κ1) is 23.7. The van der Waals surface area contributed by atoms with E-state index in [1.807, 2.05) is 43.3 Å². The van der Waals surface area contributed by atoms with Crippen LogP contribution in [0.4, 0.5) is 10.5 Å². The smallest absolute Gasteiger partial charge is 0.407 e. The van der Waals surface area contributed by atoms with Gasteiger partial charge in [0.2, 0.25) is 5.91 Å². The van der Waals surface area contributed by atoms with Crippen molar-refractivity contribution >= 4 is 23.6 Å². The molecule has 0 radical (unpaired) electrons. The van der Waals surface area contributed by atoms with Gasteiger partial charge in [-0.05, 0) is 60.2 Å². The molecule has 0 unspecified atom stereocenters. The molecule has 4 N–H and O–H groups in total. The molecule has 0 atom stereocenters. The molecule has 0 aliphatic carbocycles. The van der Waals surface area contributed by atoms with E-state index in [0.717, 1.165) is 42.9 Å². The van der Waals surface area contributed by atoms with Crippen molar-refractivity contribution in [1.29, 1.82) is 0 Å². The first-order chi connectivity index (χ1) is 16.3. The third kappa shape index (κ3) is 5.21. The summed E-state index contributed by atoms with van der Waals surface area (Å²) in [6, 6.07) is 13.3.